The summed E-state index contributed by atoms with van der Waals surface area (Å²) in [6.45, 7) is 1.19. The van der Waals surface area contributed by atoms with Crippen molar-refractivity contribution in [1.29, 1.82) is 0 Å². The molecule has 1 amide bonds. The topological polar surface area (TPSA) is 92.5 Å². The van der Waals surface area contributed by atoms with E-state index in [0.29, 0.717) is 13.1 Å². The van der Waals surface area contributed by atoms with Crippen LogP contribution in [0, 0.1) is 0 Å². The molecule has 0 saturated carbocycles. The van der Waals surface area contributed by atoms with Crippen LogP contribution < -0.4 is 10.5 Å². The molecule has 0 aromatic rings. The molecule has 17 heavy (non-hydrogen) atoms. The lowest BCUT2D eigenvalue weighted by Gasteiger charge is -2.26. The van der Waals surface area contributed by atoms with Crippen LogP contribution in [0.4, 0.5) is 0 Å². The van der Waals surface area contributed by atoms with Crippen molar-refractivity contribution < 1.29 is 13.2 Å². The highest BCUT2D eigenvalue weighted by molar-refractivity contribution is 7.92. The van der Waals surface area contributed by atoms with Crippen molar-refractivity contribution in [1.82, 2.24) is 9.62 Å². The van der Waals surface area contributed by atoms with Gasteiger partial charge in [0.2, 0.25) is 15.9 Å². The van der Waals surface area contributed by atoms with Gasteiger partial charge in [0.15, 0.2) is 0 Å². The predicted molar refractivity (Wildman–Crippen MR) is 69.0 cm³/mol. The second-order valence-corrected chi connectivity index (χ2v) is 6.32. The Kier molecular flexibility index (Phi) is 5.29. The molecule has 98 valence electrons. The number of hydrogen-bond donors (Lipinski definition) is 2. The fourth-order valence-corrected chi connectivity index (χ4v) is 2.95. The molecule has 1 rings (SSSR count). The highest BCUT2D eigenvalue weighted by Gasteiger charge is 2.19. The van der Waals surface area contributed by atoms with Crippen LogP contribution in [0.5, 0.6) is 0 Å². The SMILES string of the molecule is NC(=S)CS(=O)(=O)NCC(=O)N1CCCCC1. The lowest BCUT2D eigenvalue weighted by molar-refractivity contribution is -0.130. The largest absolute Gasteiger partial charge is 0.392 e. The summed E-state index contributed by atoms with van der Waals surface area (Å²) in [5.74, 6) is -0.619. The van der Waals surface area contributed by atoms with Gasteiger partial charge in [-0.3, -0.25) is 4.79 Å². The maximum Gasteiger partial charge on any atom is 0.237 e. The van der Waals surface area contributed by atoms with Gasteiger partial charge in [-0.2, -0.15) is 0 Å². The second kappa shape index (κ2) is 6.27. The predicted octanol–water partition coefficient (Wildman–Crippen LogP) is -0.796. The van der Waals surface area contributed by atoms with Crippen molar-refractivity contribution in [3.05, 3.63) is 0 Å². The van der Waals surface area contributed by atoms with E-state index in [1.54, 1.807) is 4.90 Å². The molecule has 1 aliphatic rings. The summed E-state index contributed by atoms with van der Waals surface area (Å²) in [6.07, 6.45) is 3.08. The van der Waals surface area contributed by atoms with Gasteiger partial charge in [0.05, 0.1) is 11.5 Å². The molecule has 0 atom stereocenters. The molecular formula is C9H17N3O3S2. The maximum atomic E-state index is 11.7. The lowest BCUT2D eigenvalue weighted by Crippen LogP contribution is -2.43. The van der Waals surface area contributed by atoms with Crippen LogP contribution >= 0.6 is 12.2 Å². The Morgan fingerprint density at radius 2 is 1.88 bits per heavy atom. The molecule has 3 N–H and O–H groups in total. The molecule has 0 bridgehead atoms. The fraction of sp³-hybridized carbons (Fsp3) is 0.778. The first kappa shape index (κ1) is 14.3. The van der Waals surface area contributed by atoms with E-state index in [4.69, 9.17) is 5.73 Å². The smallest absolute Gasteiger partial charge is 0.237 e. The molecule has 1 saturated heterocycles. The van der Waals surface area contributed by atoms with Crippen LogP contribution in [0.15, 0.2) is 0 Å². The summed E-state index contributed by atoms with van der Waals surface area (Å²) in [5, 5.41) is 0. The minimum Gasteiger partial charge on any atom is -0.392 e. The average molecular weight is 279 g/mol. The van der Waals surface area contributed by atoms with Crippen molar-refractivity contribution in [2.75, 3.05) is 25.4 Å². The molecule has 6 nitrogen and oxygen atoms in total. The highest BCUT2D eigenvalue weighted by Crippen LogP contribution is 2.08. The fourth-order valence-electron chi connectivity index (χ4n) is 1.67. The van der Waals surface area contributed by atoms with Gasteiger partial charge in [-0.05, 0) is 19.3 Å². The molecule has 0 spiro atoms. The number of nitrogens with one attached hydrogen (secondary N) is 1. The second-order valence-electron chi connectivity index (χ2n) is 3.99. The van der Waals surface area contributed by atoms with Gasteiger partial charge in [-0.25, -0.2) is 13.1 Å². The number of nitrogens with zero attached hydrogens (tertiary/aromatic N) is 1. The number of thiocarbonyl (C=S) groups is 1. The van der Waals surface area contributed by atoms with Gasteiger partial charge in [0.25, 0.3) is 0 Å². The van der Waals surface area contributed by atoms with Crippen molar-refractivity contribution in [2.45, 2.75) is 19.3 Å². The van der Waals surface area contributed by atoms with E-state index in [2.05, 4.69) is 16.9 Å². The number of likely N-dealkylation sites (tertiary alicyclic amines) is 1. The van der Waals surface area contributed by atoms with Gasteiger partial charge in [0, 0.05) is 13.1 Å². The molecule has 1 aliphatic heterocycles. The van der Waals surface area contributed by atoms with Gasteiger partial charge in [-0.1, -0.05) is 12.2 Å². The molecular weight excluding hydrogens is 262 g/mol. The minimum atomic E-state index is -3.58. The standard InChI is InChI=1S/C9H17N3O3S2/c10-8(16)7-17(14,15)11-6-9(13)12-4-2-1-3-5-12/h11H,1-7H2,(H2,10,16). The van der Waals surface area contributed by atoms with Crippen LogP contribution in [0.1, 0.15) is 19.3 Å². The minimum absolute atomic E-state index is 0.108. The monoisotopic (exact) mass is 279 g/mol. The first-order valence-corrected chi connectivity index (χ1v) is 7.50. The van der Waals surface area contributed by atoms with Crippen molar-refractivity contribution in [2.24, 2.45) is 5.73 Å². The maximum absolute atomic E-state index is 11.7. The van der Waals surface area contributed by atoms with Crippen molar-refractivity contribution in [3.8, 4) is 0 Å². The number of carbonyl (C=O) groups excluding carboxylic acids is 1. The Hall–Kier alpha value is -0.730. The number of amides is 1. The van der Waals surface area contributed by atoms with E-state index in [1.807, 2.05) is 0 Å². The summed E-state index contributed by atoms with van der Waals surface area (Å²) in [4.78, 5) is 13.2. The van der Waals surface area contributed by atoms with Gasteiger partial charge >= 0.3 is 0 Å². The molecule has 1 fully saturated rings. The summed E-state index contributed by atoms with van der Waals surface area (Å²) in [6, 6.07) is 0. The Morgan fingerprint density at radius 3 is 2.41 bits per heavy atom. The third-order valence-electron chi connectivity index (χ3n) is 2.48. The Balaban J connectivity index is 2.39. The van der Waals surface area contributed by atoms with E-state index in [0.717, 1.165) is 19.3 Å². The zero-order chi connectivity index (χ0) is 12.9. The number of nitrogens with two attached hydrogens (primary N) is 1. The van der Waals surface area contributed by atoms with E-state index in [9.17, 15) is 13.2 Å². The van der Waals surface area contributed by atoms with Crippen molar-refractivity contribution in [3.63, 3.8) is 0 Å². The first-order valence-electron chi connectivity index (χ1n) is 5.44. The summed E-state index contributed by atoms with van der Waals surface area (Å²) in [7, 11) is -3.58. The highest BCUT2D eigenvalue weighted by atomic mass is 32.2. The normalized spacial score (nSPS) is 16.8. The van der Waals surface area contributed by atoms with Crippen LogP contribution in [0.25, 0.3) is 0 Å². The molecule has 1 heterocycles. The van der Waals surface area contributed by atoms with Gasteiger partial charge in [0.1, 0.15) is 5.75 Å². The molecule has 0 aromatic carbocycles. The number of piperidine rings is 1. The van der Waals surface area contributed by atoms with E-state index in [1.165, 1.54) is 0 Å². The van der Waals surface area contributed by atoms with E-state index in [-0.39, 0.29) is 17.4 Å². The molecule has 0 aliphatic carbocycles. The summed E-state index contributed by atoms with van der Waals surface area (Å²) < 4.78 is 25.0. The Labute approximate surface area is 107 Å². The van der Waals surface area contributed by atoms with Crippen LogP contribution in [-0.4, -0.2) is 49.6 Å². The number of rotatable bonds is 5. The van der Waals surface area contributed by atoms with Crippen LogP contribution in [0.3, 0.4) is 0 Å². The van der Waals surface area contributed by atoms with E-state index < -0.39 is 15.8 Å². The third-order valence-corrected chi connectivity index (χ3v) is 4.09. The molecule has 0 radical (unpaired) electrons. The number of sulfonamides is 1. The van der Waals surface area contributed by atoms with Crippen molar-refractivity contribution >= 4 is 33.1 Å². The zero-order valence-electron chi connectivity index (χ0n) is 9.52. The number of hydrogen-bond acceptors (Lipinski definition) is 4. The quantitative estimate of drug-likeness (QED) is 0.643. The molecule has 0 unspecified atom stereocenters. The first-order chi connectivity index (χ1) is 7.91. The zero-order valence-corrected chi connectivity index (χ0v) is 11.1. The summed E-state index contributed by atoms with van der Waals surface area (Å²) >= 11 is 4.51. The average Bonchev–Trinajstić information content (AvgIpc) is 2.25. The van der Waals surface area contributed by atoms with Gasteiger partial charge in [-0.15, -0.1) is 0 Å². The lowest BCUT2D eigenvalue weighted by atomic mass is 10.1. The number of carbonyl (C=O) groups is 1. The van der Waals surface area contributed by atoms with Gasteiger partial charge < -0.3 is 10.6 Å². The Bertz CT molecular complexity index is 388. The van der Waals surface area contributed by atoms with Crippen LogP contribution in [-0.2, 0) is 14.8 Å². The summed E-state index contributed by atoms with van der Waals surface area (Å²) in [5.41, 5.74) is 5.14. The third kappa shape index (κ3) is 5.42. The molecule has 8 heteroatoms. The van der Waals surface area contributed by atoms with E-state index >= 15 is 0 Å². The Morgan fingerprint density at radius 1 is 1.29 bits per heavy atom. The molecule has 0 aromatic heterocycles. The van der Waals surface area contributed by atoms with Crippen LogP contribution in [0.2, 0.25) is 0 Å².